The molecule has 1 heterocycles. The second kappa shape index (κ2) is 7.09. The van der Waals surface area contributed by atoms with Gasteiger partial charge in [-0.3, -0.25) is 9.59 Å². The van der Waals surface area contributed by atoms with Gasteiger partial charge >= 0.3 is 0 Å². The number of amides is 1. The smallest absolute Gasteiger partial charge is 0.267 e. The summed E-state index contributed by atoms with van der Waals surface area (Å²) < 4.78 is 5.70. The van der Waals surface area contributed by atoms with E-state index in [4.69, 9.17) is 4.74 Å². The van der Waals surface area contributed by atoms with Crippen LogP contribution in [0.15, 0.2) is 23.0 Å². The average Bonchev–Trinajstić information content (AvgIpc) is 2.91. The van der Waals surface area contributed by atoms with Gasteiger partial charge in [0.15, 0.2) is 0 Å². The van der Waals surface area contributed by atoms with E-state index >= 15 is 0 Å². The Kier molecular flexibility index (Phi) is 5.15. The van der Waals surface area contributed by atoms with Gasteiger partial charge in [-0.15, -0.1) is 0 Å². The van der Waals surface area contributed by atoms with Crippen molar-refractivity contribution in [3.8, 4) is 0 Å². The van der Waals surface area contributed by atoms with Crippen LogP contribution in [-0.2, 0) is 4.74 Å². The second-order valence-corrected chi connectivity index (χ2v) is 4.82. The van der Waals surface area contributed by atoms with E-state index in [0.717, 1.165) is 19.3 Å². The lowest BCUT2D eigenvalue weighted by Gasteiger charge is -2.11. The van der Waals surface area contributed by atoms with Crippen LogP contribution < -0.4 is 10.9 Å². The first-order valence-corrected chi connectivity index (χ1v) is 6.85. The minimum absolute atomic E-state index is 0.251. The molecule has 1 aliphatic carbocycles. The lowest BCUT2D eigenvalue weighted by atomic mass is 10.3. The molecule has 0 bridgehead atoms. The van der Waals surface area contributed by atoms with Crippen LogP contribution in [0.2, 0.25) is 0 Å². The van der Waals surface area contributed by atoms with Crippen LogP contribution in [-0.4, -0.2) is 30.1 Å². The molecule has 1 aromatic heterocycles. The zero-order valence-corrected chi connectivity index (χ0v) is 11.0. The number of carbonyl (C=O) groups is 1. The first kappa shape index (κ1) is 13.8. The summed E-state index contributed by atoms with van der Waals surface area (Å²) in [4.78, 5) is 25.3. The summed E-state index contributed by atoms with van der Waals surface area (Å²) >= 11 is 0. The fourth-order valence-electron chi connectivity index (χ4n) is 2.25. The van der Waals surface area contributed by atoms with Crippen molar-refractivity contribution in [3.63, 3.8) is 0 Å². The lowest BCUT2D eigenvalue weighted by Crippen LogP contribution is -2.28. The van der Waals surface area contributed by atoms with Crippen LogP contribution in [0.5, 0.6) is 0 Å². The van der Waals surface area contributed by atoms with Crippen molar-refractivity contribution in [1.82, 2.24) is 10.3 Å². The molecule has 19 heavy (non-hydrogen) atoms. The largest absolute Gasteiger partial charge is 0.378 e. The molecule has 2 rings (SSSR count). The molecule has 0 saturated heterocycles. The molecule has 1 fully saturated rings. The van der Waals surface area contributed by atoms with Gasteiger partial charge in [-0.2, -0.15) is 0 Å². The van der Waals surface area contributed by atoms with Crippen molar-refractivity contribution in [3.05, 3.63) is 34.2 Å². The predicted octanol–water partition coefficient (Wildman–Crippen LogP) is 1.45. The number of carbonyl (C=O) groups excluding carboxylic acids is 1. The van der Waals surface area contributed by atoms with Crippen LogP contribution in [0.1, 0.15) is 42.6 Å². The fraction of sp³-hybridized carbons (Fsp3) is 0.571. The maximum Gasteiger partial charge on any atom is 0.267 e. The molecule has 0 aromatic carbocycles. The molecule has 0 radical (unpaired) electrons. The van der Waals surface area contributed by atoms with Gasteiger partial charge in [-0.25, -0.2) is 0 Å². The van der Waals surface area contributed by atoms with E-state index in [9.17, 15) is 9.59 Å². The van der Waals surface area contributed by atoms with Gasteiger partial charge in [-0.1, -0.05) is 18.9 Å². The van der Waals surface area contributed by atoms with E-state index in [2.05, 4.69) is 10.3 Å². The number of aromatic nitrogens is 1. The second-order valence-electron chi connectivity index (χ2n) is 4.82. The van der Waals surface area contributed by atoms with Gasteiger partial charge in [0.1, 0.15) is 5.69 Å². The molecule has 1 aliphatic rings. The average molecular weight is 264 g/mol. The van der Waals surface area contributed by atoms with E-state index in [1.54, 1.807) is 12.1 Å². The van der Waals surface area contributed by atoms with Crippen LogP contribution >= 0.6 is 0 Å². The topological polar surface area (TPSA) is 71.2 Å². The summed E-state index contributed by atoms with van der Waals surface area (Å²) in [6, 6.07) is 4.54. The predicted molar refractivity (Wildman–Crippen MR) is 72.2 cm³/mol. The molecule has 5 nitrogen and oxygen atoms in total. The molecule has 2 N–H and O–H groups in total. The van der Waals surface area contributed by atoms with Crippen LogP contribution in [0.3, 0.4) is 0 Å². The van der Waals surface area contributed by atoms with Gasteiger partial charge in [0.25, 0.3) is 5.91 Å². The molecular weight excluding hydrogens is 244 g/mol. The number of aromatic amines is 1. The summed E-state index contributed by atoms with van der Waals surface area (Å²) in [5, 5.41) is 2.76. The molecule has 1 saturated carbocycles. The van der Waals surface area contributed by atoms with Gasteiger partial charge in [0.05, 0.1) is 6.10 Å². The van der Waals surface area contributed by atoms with Crippen LogP contribution in [0.25, 0.3) is 0 Å². The van der Waals surface area contributed by atoms with Crippen molar-refractivity contribution in [1.29, 1.82) is 0 Å². The van der Waals surface area contributed by atoms with Crippen molar-refractivity contribution in [2.45, 2.75) is 38.2 Å². The van der Waals surface area contributed by atoms with Crippen LogP contribution in [0, 0.1) is 0 Å². The number of ether oxygens (including phenoxy) is 1. The highest BCUT2D eigenvalue weighted by Crippen LogP contribution is 2.20. The number of H-pyrrole nitrogens is 1. The standard InChI is InChI=1S/C14H20N2O3/c17-13-8-3-7-12(16-13)14(18)15-9-4-10-19-11-5-1-2-6-11/h3,7-8,11H,1-2,4-6,9-10H2,(H,15,18)(H,16,17). The van der Waals surface area contributed by atoms with Crippen molar-refractivity contribution in [2.24, 2.45) is 0 Å². The molecule has 1 amide bonds. The maximum absolute atomic E-state index is 11.7. The quantitative estimate of drug-likeness (QED) is 0.764. The SMILES string of the molecule is O=C(NCCCOC1CCCC1)c1cccc(=O)[nH]1. The third kappa shape index (κ3) is 4.52. The van der Waals surface area contributed by atoms with Crippen molar-refractivity contribution >= 4 is 5.91 Å². The number of hydrogen-bond donors (Lipinski definition) is 2. The van der Waals surface area contributed by atoms with E-state index in [1.165, 1.54) is 18.9 Å². The Morgan fingerprint density at radius 2 is 2.16 bits per heavy atom. The highest BCUT2D eigenvalue weighted by atomic mass is 16.5. The summed E-state index contributed by atoms with van der Waals surface area (Å²) in [6.07, 6.45) is 6.07. The Bertz CT molecular complexity index is 464. The third-order valence-electron chi connectivity index (χ3n) is 3.28. The Hall–Kier alpha value is -1.62. The molecule has 0 atom stereocenters. The van der Waals surface area contributed by atoms with Crippen molar-refractivity contribution < 1.29 is 9.53 Å². The highest BCUT2D eigenvalue weighted by Gasteiger charge is 2.14. The summed E-state index contributed by atoms with van der Waals surface area (Å²) in [7, 11) is 0. The highest BCUT2D eigenvalue weighted by molar-refractivity contribution is 5.92. The van der Waals surface area contributed by atoms with Gasteiger partial charge in [-0.05, 0) is 25.3 Å². The number of rotatable bonds is 6. The van der Waals surface area contributed by atoms with E-state index in [0.29, 0.717) is 24.9 Å². The van der Waals surface area contributed by atoms with E-state index in [-0.39, 0.29) is 11.5 Å². The molecule has 0 aliphatic heterocycles. The van der Waals surface area contributed by atoms with Gasteiger partial charge in [0.2, 0.25) is 5.56 Å². The molecule has 5 heteroatoms. The first-order chi connectivity index (χ1) is 9.25. The monoisotopic (exact) mass is 264 g/mol. The number of pyridine rings is 1. The Balaban J connectivity index is 1.62. The summed E-state index contributed by atoms with van der Waals surface area (Å²) in [5.41, 5.74) is 0.0291. The Morgan fingerprint density at radius 1 is 1.37 bits per heavy atom. The van der Waals surface area contributed by atoms with E-state index < -0.39 is 0 Å². The van der Waals surface area contributed by atoms with Crippen molar-refractivity contribution in [2.75, 3.05) is 13.2 Å². The zero-order chi connectivity index (χ0) is 13.5. The molecule has 0 unspecified atom stereocenters. The Morgan fingerprint density at radius 3 is 2.89 bits per heavy atom. The molecule has 0 spiro atoms. The van der Waals surface area contributed by atoms with E-state index in [1.807, 2.05) is 0 Å². The van der Waals surface area contributed by atoms with Crippen LogP contribution in [0.4, 0.5) is 0 Å². The zero-order valence-electron chi connectivity index (χ0n) is 11.0. The van der Waals surface area contributed by atoms with Gasteiger partial charge in [0, 0.05) is 19.2 Å². The normalized spacial score (nSPS) is 15.6. The fourth-order valence-corrected chi connectivity index (χ4v) is 2.25. The molecule has 1 aromatic rings. The maximum atomic E-state index is 11.7. The molecule has 104 valence electrons. The summed E-state index contributed by atoms with van der Waals surface area (Å²) in [6.45, 7) is 1.23. The summed E-state index contributed by atoms with van der Waals surface area (Å²) in [5.74, 6) is -0.251. The third-order valence-corrected chi connectivity index (χ3v) is 3.28. The number of nitrogens with one attached hydrogen (secondary N) is 2. The Labute approximate surface area is 112 Å². The minimum atomic E-state index is -0.266. The first-order valence-electron chi connectivity index (χ1n) is 6.85. The lowest BCUT2D eigenvalue weighted by molar-refractivity contribution is 0.0565. The molecular formula is C14H20N2O3. The number of hydrogen-bond acceptors (Lipinski definition) is 3. The minimum Gasteiger partial charge on any atom is -0.378 e. The van der Waals surface area contributed by atoms with Gasteiger partial charge < -0.3 is 15.0 Å².